The Morgan fingerprint density at radius 3 is 2.90 bits per heavy atom. The molecule has 2 fully saturated rings. The van der Waals surface area contributed by atoms with Crippen LogP contribution in [-0.2, 0) is 4.79 Å². The number of H-pyrrole nitrogens is 1. The fraction of sp³-hybridized carbons (Fsp3) is 0.450. The predicted molar refractivity (Wildman–Crippen MR) is 105 cm³/mol. The molecule has 2 saturated heterocycles. The predicted octanol–water partition coefficient (Wildman–Crippen LogP) is 2.77. The molecule has 9 heteroatoms. The van der Waals surface area contributed by atoms with Gasteiger partial charge in [-0.05, 0) is 38.7 Å². The smallest absolute Gasteiger partial charge is 0.261 e. The molecule has 0 aromatic carbocycles. The SMILES string of the molecule is Cc1noc(-c2cnc3[nH]ccc3c2N[C@@H]2C[C@H]3CC[C@@H](C2)N3C(=O)CC#N)n1. The number of aromatic nitrogens is 4. The third kappa shape index (κ3) is 3.01. The van der Waals surface area contributed by atoms with Crippen molar-refractivity contribution in [2.75, 3.05) is 5.32 Å². The first-order valence-corrected chi connectivity index (χ1v) is 9.85. The second kappa shape index (κ2) is 6.88. The number of amides is 1. The lowest BCUT2D eigenvalue weighted by Crippen LogP contribution is -2.49. The van der Waals surface area contributed by atoms with Gasteiger partial charge in [0, 0.05) is 35.9 Å². The zero-order chi connectivity index (χ0) is 20.0. The van der Waals surface area contributed by atoms with Crippen molar-refractivity contribution in [2.24, 2.45) is 0 Å². The van der Waals surface area contributed by atoms with Crippen LogP contribution < -0.4 is 5.32 Å². The zero-order valence-electron chi connectivity index (χ0n) is 16.1. The van der Waals surface area contributed by atoms with Crippen LogP contribution >= 0.6 is 0 Å². The third-order valence-corrected chi connectivity index (χ3v) is 5.94. The number of aryl methyl sites for hydroxylation is 1. The fourth-order valence-corrected chi connectivity index (χ4v) is 4.80. The quantitative estimate of drug-likeness (QED) is 0.701. The van der Waals surface area contributed by atoms with Gasteiger partial charge in [0.2, 0.25) is 5.91 Å². The van der Waals surface area contributed by atoms with Crippen LogP contribution in [0, 0.1) is 18.3 Å². The van der Waals surface area contributed by atoms with E-state index in [1.165, 1.54) is 0 Å². The standard InChI is InChI=1S/C20H21N7O2/c1-11-24-20(29-26-11)16-10-23-19-15(5-7-22-19)18(16)25-12-8-13-2-3-14(9-12)27(13)17(28)4-6-21/h5,7,10,12-14H,2-4,8-9H2,1H3,(H2,22,23,25)/t12-,13-,14+. The Kier molecular flexibility index (Phi) is 4.19. The molecule has 3 aromatic rings. The molecule has 1 amide bonds. The van der Waals surface area contributed by atoms with Crippen LogP contribution in [0.2, 0.25) is 0 Å². The van der Waals surface area contributed by atoms with Gasteiger partial charge in [-0.3, -0.25) is 4.79 Å². The molecule has 2 N–H and O–H groups in total. The second-order valence-electron chi connectivity index (χ2n) is 7.77. The molecule has 0 radical (unpaired) electrons. The molecule has 5 heterocycles. The van der Waals surface area contributed by atoms with Gasteiger partial charge in [-0.2, -0.15) is 10.2 Å². The summed E-state index contributed by atoms with van der Waals surface area (Å²) in [5.74, 6) is 0.963. The highest BCUT2D eigenvalue weighted by molar-refractivity contribution is 5.97. The summed E-state index contributed by atoms with van der Waals surface area (Å²) < 4.78 is 5.40. The number of nitrogens with one attached hydrogen (secondary N) is 2. The molecule has 0 spiro atoms. The van der Waals surface area contributed by atoms with Crippen molar-refractivity contribution in [1.29, 1.82) is 5.26 Å². The molecule has 9 nitrogen and oxygen atoms in total. The van der Waals surface area contributed by atoms with Gasteiger partial charge in [0.15, 0.2) is 5.82 Å². The van der Waals surface area contributed by atoms with Gasteiger partial charge in [0.05, 0.1) is 17.3 Å². The monoisotopic (exact) mass is 391 g/mol. The molecule has 0 saturated carbocycles. The molecule has 2 aliphatic heterocycles. The molecular weight excluding hydrogens is 370 g/mol. The van der Waals surface area contributed by atoms with E-state index in [-0.39, 0.29) is 30.5 Å². The Labute approximate surface area is 167 Å². The Hall–Kier alpha value is -3.41. The number of carbonyl (C=O) groups is 1. The minimum Gasteiger partial charge on any atom is -0.381 e. The highest BCUT2D eigenvalue weighted by Gasteiger charge is 2.43. The summed E-state index contributed by atoms with van der Waals surface area (Å²) >= 11 is 0. The number of anilines is 1. The maximum Gasteiger partial charge on any atom is 0.261 e. The number of rotatable bonds is 4. The van der Waals surface area contributed by atoms with E-state index in [2.05, 4.69) is 25.4 Å². The number of nitriles is 1. The highest BCUT2D eigenvalue weighted by atomic mass is 16.5. The van der Waals surface area contributed by atoms with Crippen molar-refractivity contribution in [3.63, 3.8) is 0 Å². The van der Waals surface area contributed by atoms with Gasteiger partial charge in [0.25, 0.3) is 5.89 Å². The summed E-state index contributed by atoms with van der Waals surface area (Å²) in [6.07, 6.45) is 7.25. The maximum absolute atomic E-state index is 12.3. The molecule has 29 heavy (non-hydrogen) atoms. The van der Waals surface area contributed by atoms with Crippen LogP contribution in [0.3, 0.4) is 0 Å². The van der Waals surface area contributed by atoms with Crippen molar-refractivity contribution in [2.45, 2.75) is 57.2 Å². The first kappa shape index (κ1) is 17.7. The normalized spacial score (nSPS) is 23.3. The fourth-order valence-electron chi connectivity index (χ4n) is 4.80. The molecule has 2 aliphatic rings. The summed E-state index contributed by atoms with van der Waals surface area (Å²) in [4.78, 5) is 26.3. The maximum atomic E-state index is 12.3. The lowest BCUT2D eigenvalue weighted by molar-refractivity contribution is -0.134. The van der Waals surface area contributed by atoms with Crippen LogP contribution in [0.25, 0.3) is 22.5 Å². The Bertz CT molecular complexity index is 1100. The van der Waals surface area contributed by atoms with Crippen LogP contribution in [0.1, 0.15) is 37.9 Å². The summed E-state index contributed by atoms with van der Waals surface area (Å²) in [6.45, 7) is 1.79. The van der Waals surface area contributed by atoms with E-state index in [0.717, 1.165) is 48.0 Å². The van der Waals surface area contributed by atoms with Gasteiger partial charge < -0.3 is 19.7 Å². The number of hydrogen-bond acceptors (Lipinski definition) is 7. The molecule has 0 aliphatic carbocycles. The van der Waals surface area contributed by atoms with Crippen molar-refractivity contribution in [3.05, 3.63) is 24.3 Å². The Balaban J connectivity index is 1.45. The van der Waals surface area contributed by atoms with Crippen molar-refractivity contribution >= 4 is 22.6 Å². The molecular formula is C20H21N7O2. The van der Waals surface area contributed by atoms with Gasteiger partial charge in [0.1, 0.15) is 12.1 Å². The van der Waals surface area contributed by atoms with E-state index < -0.39 is 0 Å². The van der Waals surface area contributed by atoms with Gasteiger partial charge >= 0.3 is 0 Å². The molecule has 3 atom stereocenters. The van der Waals surface area contributed by atoms with E-state index in [0.29, 0.717) is 11.7 Å². The molecule has 3 aromatic heterocycles. The molecule has 2 bridgehead atoms. The number of piperidine rings is 1. The summed E-state index contributed by atoms with van der Waals surface area (Å²) in [5.41, 5.74) is 2.48. The lowest BCUT2D eigenvalue weighted by Gasteiger charge is -2.39. The summed E-state index contributed by atoms with van der Waals surface area (Å²) in [5, 5.41) is 17.5. The number of carbonyl (C=O) groups excluding carboxylic acids is 1. The van der Waals surface area contributed by atoms with Crippen LogP contribution in [0.4, 0.5) is 5.69 Å². The third-order valence-electron chi connectivity index (χ3n) is 5.94. The van der Waals surface area contributed by atoms with Crippen molar-refractivity contribution in [3.8, 4) is 17.5 Å². The van der Waals surface area contributed by atoms with E-state index in [4.69, 9.17) is 9.78 Å². The first-order chi connectivity index (χ1) is 14.1. The van der Waals surface area contributed by atoms with Crippen LogP contribution in [0.15, 0.2) is 23.0 Å². The Morgan fingerprint density at radius 2 is 2.21 bits per heavy atom. The molecule has 0 unspecified atom stereocenters. The number of aromatic amines is 1. The number of fused-ring (bicyclic) bond motifs is 3. The second-order valence-corrected chi connectivity index (χ2v) is 7.77. The minimum absolute atomic E-state index is 0.0416. The van der Waals surface area contributed by atoms with Crippen molar-refractivity contribution in [1.82, 2.24) is 25.0 Å². The van der Waals surface area contributed by atoms with Crippen LogP contribution in [-0.4, -0.2) is 49.0 Å². The van der Waals surface area contributed by atoms with Crippen LogP contribution in [0.5, 0.6) is 0 Å². The van der Waals surface area contributed by atoms with Gasteiger partial charge in [-0.25, -0.2) is 4.98 Å². The molecule has 5 rings (SSSR count). The highest BCUT2D eigenvalue weighted by Crippen LogP contribution is 2.39. The average molecular weight is 391 g/mol. The van der Waals surface area contributed by atoms with Crippen molar-refractivity contribution < 1.29 is 9.32 Å². The zero-order valence-corrected chi connectivity index (χ0v) is 16.1. The van der Waals surface area contributed by atoms with E-state index in [9.17, 15) is 4.79 Å². The van der Waals surface area contributed by atoms with E-state index >= 15 is 0 Å². The summed E-state index contributed by atoms with van der Waals surface area (Å²) in [7, 11) is 0. The molecule has 148 valence electrons. The summed E-state index contributed by atoms with van der Waals surface area (Å²) in [6, 6.07) is 4.55. The topological polar surface area (TPSA) is 124 Å². The van der Waals surface area contributed by atoms with Gasteiger partial charge in [-0.1, -0.05) is 5.16 Å². The van der Waals surface area contributed by atoms with E-state index in [1.807, 2.05) is 23.2 Å². The number of pyridine rings is 1. The first-order valence-electron chi connectivity index (χ1n) is 9.85. The average Bonchev–Trinajstić information content (AvgIpc) is 3.40. The number of hydrogen-bond donors (Lipinski definition) is 2. The minimum atomic E-state index is -0.0441. The van der Waals surface area contributed by atoms with E-state index in [1.54, 1.807) is 13.1 Å². The Morgan fingerprint density at radius 1 is 1.41 bits per heavy atom. The lowest BCUT2D eigenvalue weighted by atomic mass is 9.96. The largest absolute Gasteiger partial charge is 0.381 e. The van der Waals surface area contributed by atoms with Gasteiger partial charge in [-0.15, -0.1) is 0 Å². The number of nitrogens with zero attached hydrogens (tertiary/aromatic N) is 5.